The van der Waals surface area contributed by atoms with Gasteiger partial charge in [-0.2, -0.15) is 0 Å². The van der Waals surface area contributed by atoms with Gasteiger partial charge in [-0.3, -0.25) is 0 Å². The summed E-state index contributed by atoms with van der Waals surface area (Å²) < 4.78 is 0. The largest absolute Gasteiger partial charge is 0.0883 e. The van der Waals surface area contributed by atoms with Crippen LogP contribution in [0.2, 0.25) is 0 Å². The van der Waals surface area contributed by atoms with Gasteiger partial charge in [0, 0.05) is 0 Å². The van der Waals surface area contributed by atoms with Gasteiger partial charge in [0.1, 0.15) is 0 Å². The lowest BCUT2D eigenvalue weighted by Crippen LogP contribution is -2.15. The average molecular weight is 347 g/mol. The Labute approximate surface area is 159 Å². The number of unbranched alkanes of at least 4 members (excludes halogenated alkanes) is 3. The quantitative estimate of drug-likeness (QED) is 0.259. The van der Waals surface area contributed by atoms with E-state index in [9.17, 15) is 0 Å². The normalized spacial score (nSPS) is 30.8. The molecule has 146 valence electrons. The summed E-state index contributed by atoms with van der Waals surface area (Å²) in [5.74, 6) is 4.13. The van der Waals surface area contributed by atoms with Crippen molar-refractivity contribution in [1.29, 1.82) is 0 Å². The fraction of sp³-hybridized carbons (Fsp3) is 0.920. The molecule has 0 bridgehead atoms. The van der Waals surface area contributed by atoms with Crippen LogP contribution in [0.25, 0.3) is 0 Å². The van der Waals surface area contributed by atoms with E-state index in [1.165, 1.54) is 83.5 Å². The zero-order chi connectivity index (χ0) is 17.7. The van der Waals surface area contributed by atoms with Crippen LogP contribution in [-0.2, 0) is 0 Å². The van der Waals surface area contributed by atoms with Crippen molar-refractivity contribution < 1.29 is 0 Å². The van der Waals surface area contributed by atoms with Crippen LogP contribution in [0.5, 0.6) is 0 Å². The highest BCUT2D eigenvalue weighted by Gasteiger charge is 2.21. The molecule has 0 aromatic carbocycles. The molecule has 2 aliphatic rings. The first-order valence-corrected chi connectivity index (χ1v) is 12.0. The fourth-order valence-corrected chi connectivity index (χ4v) is 5.29. The van der Waals surface area contributed by atoms with Crippen LogP contribution in [0.1, 0.15) is 123 Å². The maximum atomic E-state index is 2.52. The van der Waals surface area contributed by atoms with Crippen molar-refractivity contribution in [1.82, 2.24) is 0 Å². The standard InChI is InChI=1S/C25H46/c1-3-5-7-11-23-18-20-25(21-19-23)13-9-8-12-24-16-14-22(15-17-24)10-6-4-2/h7,11,22-25H,3-6,8-10,12-21H2,1-2H3/b11-7+. The zero-order valence-electron chi connectivity index (χ0n) is 17.5. The van der Waals surface area contributed by atoms with Crippen LogP contribution < -0.4 is 0 Å². The first kappa shape index (κ1) is 21.0. The smallest absolute Gasteiger partial charge is 0.0233 e. The first-order chi connectivity index (χ1) is 12.3. The molecule has 2 aliphatic carbocycles. The molecule has 2 rings (SSSR count). The van der Waals surface area contributed by atoms with E-state index >= 15 is 0 Å². The van der Waals surface area contributed by atoms with Crippen molar-refractivity contribution >= 4 is 0 Å². The van der Waals surface area contributed by atoms with Gasteiger partial charge in [0.15, 0.2) is 0 Å². The Kier molecular flexibility index (Phi) is 10.9. The van der Waals surface area contributed by atoms with Crippen LogP contribution in [0, 0.1) is 23.7 Å². The van der Waals surface area contributed by atoms with Crippen LogP contribution in [0.4, 0.5) is 0 Å². The monoisotopic (exact) mass is 346 g/mol. The Balaban J connectivity index is 1.46. The van der Waals surface area contributed by atoms with E-state index in [0.29, 0.717) is 0 Å². The van der Waals surface area contributed by atoms with Gasteiger partial charge in [-0.25, -0.2) is 0 Å². The fourth-order valence-electron chi connectivity index (χ4n) is 5.29. The second-order valence-corrected chi connectivity index (χ2v) is 9.31. The molecule has 0 radical (unpaired) electrons. The minimum atomic E-state index is 0.908. The molecule has 0 aromatic heterocycles. The third-order valence-electron chi connectivity index (χ3n) is 7.16. The molecule has 0 saturated heterocycles. The van der Waals surface area contributed by atoms with E-state index in [2.05, 4.69) is 26.0 Å². The summed E-state index contributed by atoms with van der Waals surface area (Å²) in [6, 6.07) is 0. The summed E-state index contributed by atoms with van der Waals surface area (Å²) in [5.41, 5.74) is 0. The Morgan fingerprint density at radius 2 is 1.08 bits per heavy atom. The van der Waals surface area contributed by atoms with Crippen molar-refractivity contribution in [3.05, 3.63) is 12.2 Å². The predicted molar refractivity (Wildman–Crippen MR) is 113 cm³/mol. The van der Waals surface area contributed by atoms with Crippen molar-refractivity contribution in [3.63, 3.8) is 0 Å². The van der Waals surface area contributed by atoms with Crippen LogP contribution in [0.3, 0.4) is 0 Å². The van der Waals surface area contributed by atoms with Gasteiger partial charge in [0.2, 0.25) is 0 Å². The van der Waals surface area contributed by atoms with Crippen molar-refractivity contribution in [2.75, 3.05) is 0 Å². The second-order valence-electron chi connectivity index (χ2n) is 9.31. The van der Waals surface area contributed by atoms with E-state index in [1.54, 1.807) is 25.7 Å². The molecule has 0 atom stereocenters. The van der Waals surface area contributed by atoms with Gasteiger partial charge in [0.25, 0.3) is 0 Å². The molecule has 0 unspecified atom stereocenters. The molecule has 0 aromatic rings. The molecule has 0 heteroatoms. The van der Waals surface area contributed by atoms with E-state index in [0.717, 1.165) is 23.7 Å². The predicted octanol–water partition coefficient (Wildman–Crippen LogP) is 8.71. The van der Waals surface area contributed by atoms with E-state index in [-0.39, 0.29) is 0 Å². The lowest BCUT2D eigenvalue weighted by Gasteiger charge is -2.29. The van der Waals surface area contributed by atoms with Gasteiger partial charge < -0.3 is 0 Å². The van der Waals surface area contributed by atoms with Crippen molar-refractivity contribution in [2.45, 2.75) is 123 Å². The number of hydrogen-bond donors (Lipinski definition) is 0. The molecule has 0 amide bonds. The van der Waals surface area contributed by atoms with Crippen molar-refractivity contribution in [2.24, 2.45) is 23.7 Å². The molecule has 2 saturated carbocycles. The Morgan fingerprint density at radius 1 is 0.600 bits per heavy atom. The molecular weight excluding hydrogens is 300 g/mol. The molecule has 0 aliphatic heterocycles. The Bertz CT molecular complexity index is 326. The summed E-state index contributed by atoms with van der Waals surface area (Å²) in [6.07, 6.45) is 30.1. The molecule has 0 heterocycles. The minimum Gasteiger partial charge on any atom is -0.0883 e. The first-order valence-electron chi connectivity index (χ1n) is 12.0. The van der Waals surface area contributed by atoms with Crippen LogP contribution >= 0.6 is 0 Å². The highest BCUT2D eigenvalue weighted by Crippen LogP contribution is 2.36. The lowest BCUT2D eigenvalue weighted by atomic mass is 9.77. The topological polar surface area (TPSA) is 0 Å². The highest BCUT2D eigenvalue weighted by atomic mass is 14.3. The molecular formula is C25H46. The second kappa shape index (κ2) is 13.0. The summed E-state index contributed by atoms with van der Waals surface area (Å²) >= 11 is 0. The molecule has 2 fully saturated rings. The van der Waals surface area contributed by atoms with E-state index < -0.39 is 0 Å². The average Bonchev–Trinajstić information content (AvgIpc) is 2.66. The van der Waals surface area contributed by atoms with Gasteiger partial charge in [-0.15, -0.1) is 0 Å². The summed E-state index contributed by atoms with van der Waals surface area (Å²) in [4.78, 5) is 0. The maximum absolute atomic E-state index is 2.52. The molecule has 0 nitrogen and oxygen atoms in total. The summed E-state index contributed by atoms with van der Waals surface area (Å²) in [7, 11) is 0. The number of hydrogen-bond acceptors (Lipinski definition) is 0. The summed E-state index contributed by atoms with van der Waals surface area (Å²) in [5, 5.41) is 0. The lowest BCUT2D eigenvalue weighted by molar-refractivity contribution is 0.240. The van der Waals surface area contributed by atoms with Gasteiger partial charge >= 0.3 is 0 Å². The SMILES string of the molecule is CCC/C=C/C1CCC(CCCCC2CCC(CCCC)CC2)CC1. The number of rotatable bonds is 11. The molecule has 25 heavy (non-hydrogen) atoms. The minimum absolute atomic E-state index is 0.908. The van der Waals surface area contributed by atoms with E-state index in [1.807, 2.05) is 0 Å². The molecule has 0 N–H and O–H groups in total. The van der Waals surface area contributed by atoms with Gasteiger partial charge in [-0.05, 0) is 55.8 Å². The van der Waals surface area contributed by atoms with Crippen LogP contribution in [0.15, 0.2) is 12.2 Å². The summed E-state index contributed by atoms with van der Waals surface area (Å²) in [6.45, 7) is 4.61. The highest BCUT2D eigenvalue weighted by molar-refractivity contribution is 4.90. The van der Waals surface area contributed by atoms with E-state index in [4.69, 9.17) is 0 Å². The van der Waals surface area contributed by atoms with Gasteiger partial charge in [-0.1, -0.05) is 103 Å². The maximum Gasteiger partial charge on any atom is -0.0233 e. The Hall–Kier alpha value is -0.260. The third kappa shape index (κ3) is 8.78. The number of allylic oxidation sites excluding steroid dienone is 2. The third-order valence-corrected chi connectivity index (χ3v) is 7.16. The molecule has 0 spiro atoms. The van der Waals surface area contributed by atoms with Crippen molar-refractivity contribution in [3.8, 4) is 0 Å². The Morgan fingerprint density at radius 3 is 1.56 bits per heavy atom. The van der Waals surface area contributed by atoms with Crippen LogP contribution in [-0.4, -0.2) is 0 Å². The van der Waals surface area contributed by atoms with Gasteiger partial charge in [0.05, 0.1) is 0 Å². The zero-order valence-corrected chi connectivity index (χ0v) is 17.5.